The second kappa shape index (κ2) is 4.07. The van der Waals surface area contributed by atoms with Gasteiger partial charge in [0.2, 0.25) is 5.95 Å². The minimum Gasteiger partial charge on any atom is -0.459 e. The van der Waals surface area contributed by atoms with E-state index in [0.717, 1.165) is 0 Å². The molecule has 0 unspecified atom stereocenters. The van der Waals surface area contributed by atoms with Crippen molar-refractivity contribution in [2.75, 3.05) is 12.8 Å². The molecule has 1 aromatic heterocycles. The van der Waals surface area contributed by atoms with Crippen LogP contribution < -0.4 is 5.73 Å². The molecular formula is C8H7N3O2. The smallest absolute Gasteiger partial charge is 0.384 e. The molecule has 66 valence electrons. The molecule has 5 heteroatoms. The Bertz CT molecular complexity index is 378. The first-order chi connectivity index (χ1) is 6.22. The van der Waals surface area contributed by atoms with Crippen LogP contribution in [0.25, 0.3) is 0 Å². The summed E-state index contributed by atoms with van der Waals surface area (Å²) in [6, 6.07) is 1.55. The summed E-state index contributed by atoms with van der Waals surface area (Å²) in [7, 11) is 1.26. The highest BCUT2D eigenvalue weighted by Gasteiger charge is 1.92. The Labute approximate surface area is 74.9 Å². The van der Waals surface area contributed by atoms with E-state index < -0.39 is 5.97 Å². The molecule has 13 heavy (non-hydrogen) atoms. The lowest BCUT2D eigenvalue weighted by molar-refractivity contribution is -0.133. The summed E-state index contributed by atoms with van der Waals surface area (Å²) >= 11 is 0. The van der Waals surface area contributed by atoms with Crippen LogP contribution in [0.4, 0.5) is 5.95 Å². The molecule has 0 radical (unpaired) electrons. The van der Waals surface area contributed by atoms with Gasteiger partial charge in [-0.2, -0.15) is 0 Å². The maximum atomic E-state index is 10.6. The van der Waals surface area contributed by atoms with Crippen LogP contribution >= 0.6 is 0 Å². The van der Waals surface area contributed by atoms with Gasteiger partial charge in [-0.05, 0) is 12.0 Å². The van der Waals surface area contributed by atoms with Crippen molar-refractivity contribution in [3.05, 3.63) is 18.0 Å². The van der Waals surface area contributed by atoms with Crippen LogP contribution in [0.15, 0.2) is 12.3 Å². The number of anilines is 1. The van der Waals surface area contributed by atoms with Crippen molar-refractivity contribution in [1.82, 2.24) is 9.97 Å². The third kappa shape index (κ3) is 2.79. The zero-order valence-corrected chi connectivity index (χ0v) is 6.94. The van der Waals surface area contributed by atoms with Gasteiger partial charge in [-0.3, -0.25) is 0 Å². The zero-order valence-electron chi connectivity index (χ0n) is 6.94. The molecular weight excluding hydrogens is 170 g/mol. The number of nitrogens with zero attached hydrogens (tertiary/aromatic N) is 2. The second-order valence-electron chi connectivity index (χ2n) is 2.04. The van der Waals surface area contributed by atoms with E-state index >= 15 is 0 Å². The number of esters is 1. The Kier molecular flexibility index (Phi) is 2.82. The largest absolute Gasteiger partial charge is 0.459 e. The molecule has 0 aliphatic heterocycles. The van der Waals surface area contributed by atoms with Gasteiger partial charge < -0.3 is 10.5 Å². The fourth-order valence-electron chi connectivity index (χ4n) is 0.609. The normalized spacial score (nSPS) is 8.38. The molecule has 0 aliphatic rings. The fourth-order valence-corrected chi connectivity index (χ4v) is 0.609. The van der Waals surface area contributed by atoms with Crippen LogP contribution in [0.2, 0.25) is 0 Å². The van der Waals surface area contributed by atoms with Gasteiger partial charge in [0.15, 0.2) is 0 Å². The Balaban J connectivity index is 2.83. The van der Waals surface area contributed by atoms with E-state index in [0.29, 0.717) is 5.69 Å². The Hall–Kier alpha value is -2.09. The molecule has 1 rings (SSSR count). The van der Waals surface area contributed by atoms with E-state index in [4.69, 9.17) is 5.73 Å². The summed E-state index contributed by atoms with van der Waals surface area (Å²) < 4.78 is 4.31. The Morgan fingerprint density at radius 2 is 2.46 bits per heavy atom. The molecule has 1 heterocycles. The molecule has 0 spiro atoms. The SMILES string of the molecule is COC(=O)C#Cc1ccnc(N)n1. The first-order valence-corrected chi connectivity index (χ1v) is 3.41. The zero-order chi connectivity index (χ0) is 9.68. The molecule has 0 saturated carbocycles. The molecule has 0 amide bonds. The average Bonchev–Trinajstić information content (AvgIpc) is 2.14. The van der Waals surface area contributed by atoms with Crippen molar-refractivity contribution in [1.29, 1.82) is 0 Å². The van der Waals surface area contributed by atoms with Gasteiger partial charge in [0, 0.05) is 12.1 Å². The van der Waals surface area contributed by atoms with E-state index in [1.807, 2.05) is 0 Å². The maximum Gasteiger partial charge on any atom is 0.384 e. The molecule has 0 atom stereocenters. The van der Waals surface area contributed by atoms with Gasteiger partial charge in [-0.15, -0.1) is 0 Å². The Morgan fingerprint density at radius 1 is 1.69 bits per heavy atom. The molecule has 0 aromatic carbocycles. The van der Waals surface area contributed by atoms with E-state index in [1.165, 1.54) is 13.3 Å². The van der Waals surface area contributed by atoms with Gasteiger partial charge in [0.05, 0.1) is 7.11 Å². The monoisotopic (exact) mass is 177 g/mol. The molecule has 1 aromatic rings. The quantitative estimate of drug-likeness (QED) is 0.430. The van der Waals surface area contributed by atoms with Crippen molar-refractivity contribution >= 4 is 11.9 Å². The summed E-state index contributed by atoms with van der Waals surface area (Å²) in [6.45, 7) is 0. The van der Waals surface area contributed by atoms with Crippen molar-refractivity contribution in [3.8, 4) is 11.8 Å². The lowest BCUT2D eigenvalue weighted by Gasteiger charge is -1.90. The number of methoxy groups -OCH3 is 1. The summed E-state index contributed by atoms with van der Waals surface area (Å²) in [5, 5.41) is 0. The van der Waals surface area contributed by atoms with Crippen LogP contribution in [-0.4, -0.2) is 23.0 Å². The highest BCUT2D eigenvalue weighted by Crippen LogP contribution is 1.93. The second-order valence-corrected chi connectivity index (χ2v) is 2.04. The number of nitrogens with two attached hydrogens (primary N) is 1. The molecule has 0 aliphatic carbocycles. The summed E-state index contributed by atoms with van der Waals surface area (Å²) in [4.78, 5) is 18.0. The van der Waals surface area contributed by atoms with Crippen molar-refractivity contribution in [2.24, 2.45) is 0 Å². The third-order valence-corrected chi connectivity index (χ3v) is 1.15. The van der Waals surface area contributed by atoms with Crippen LogP contribution in [0.5, 0.6) is 0 Å². The summed E-state index contributed by atoms with van der Waals surface area (Å²) in [5.41, 5.74) is 5.68. The van der Waals surface area contributed by atoms with E-state index in [2.05, 4.69) is 26.5 Å². The van der Waals surface area contributed by atoms with E-state index in [-0.39, 0.29) is 5.95 Å². The van der Waals surface area contributed by atoms with Crippen LogP contribution in [0, 0.1) is 11.8 Å². The standard InChI is InChI=1S/C8H7N3O2/c1-13-7(12)3-2-6-4-5-10-8(9)11-6/h4-5H,1H3,(H2,9,10,11). The lowest BCUT2D eigenvalue weighted by atomic mass is 10.4. The molecule has 0 fully saturated rings. The molecule has 2 N–H and O–H groups in total. The maximum absolute atomic E-state index is 10.6. The minimum atomic E-state index is -0.614. The number of aromatic nitrogens is 2. The highest BCUT2D eigenvalue weighted by atomic mass is 16.5. The number of nitrogen functional groups attached to an aromatic ring is 1. The number of carbonyl (C=O) groups is 1. The van der Waals surface area contributed by atoms with Gasteiger partial charge in [0.1, 0.15) is 5.69 Å². The van der Waals surface area contributed by atoms with Gasteiger partial charge >= 0.3 is 5.97 Å². The number of hydrogen-bond acceptors (Lipinski definition) is 5. The van der Waals surface area contributed by atoms with Gasteiger partial charge in [-0.1, -0.05) is 0 Å². The third-order valence-electron chi connectivity index (χ3n) is 1.15. The first-order valence-electron chi connectivity index (χ1n) is 3.41. The highest BCUT2D eigenvalue weighted by molar-refractivity contribution is 5.88. The number of rotatable bonds is 0. The van der Waals surface area contributed by atoms with Crippen molar-refractivity contribution in [2.45, 2.75) is 0 Å². The van der Waals surface area contributed by atoms with E-state index in [1.54, 1.807) is 6.07 Å². The molecule has 0 saturated heterocycles. The average molecular weight is 177 g/mol. The predicted molar refractivity (Wildman–Crippen MR) is 45.3 cm³/mol. The Morgan fingerprint density at radius 3 is 3.08 bits per heavy atom. The van der Waals surface area contributed by atoms with Crippen LogP contribution in [0.1, 0.15) is 5.69 Å². The van der Waals surface area contributed by atoms with Gasteiger partial charge in [-0.25, -0.2) is 14.8 Å². The molecule has 5 nitrogen and oxygen atoms in total. The number of carbonyl (C=O) groups excluding carboxylic acids is 1. The number of ether oxygens (including phenoxy) is 1. The van der Waals surface area contributed by atoms with Crippen molar-refractivity contribution < 1.29 is 9.53 Å². The first kappa shape index (κ1) is 9.00. The van der Waals surface area contributed by atoms with Gasteiger partial charge in [0.25, 0.3) is 0 Å². The van der Waals surface area contributed by atoms with Crippen molar-refractivity contribution in [3.63, 3.8) is 0 Å². The summed E-state index contributed by atoms with van der Waals surface area (Å²) in [5.74, 6) is 4.21. The fraction of sp³-hybridized carbons (Fsp3) is 0.125. The molecule has 0 bridgehead atoms. The predicted octanol–water partition coefficient (Wildman–Crippen LogP) is -0.417. The van der Waals surface area contributed by atoms with Crippen LogP contribution in [-0.2, 0) is 9.53 Å². The number of hydrogen-bond donors (Lipinski definition) is 1. The summed E-state index contributed by atoms with van der Waals surface area (Å²) in [6.07, 6.45) is 1.46. The minimum absolute atomic E-state index is 0.122. The lowest BCUT2D eigenvalue weighted by Crippen LogP contribution is -1.97. The topological polar surface area (TPSA) is 78.1 Å². The van der Waals surface area contributed by atoms with E-state index in [9.17, 15) is 4.79 Å². The van der Waals surface area contributed by atoms with Crippen LogP contribution in [0.3, 0.4) is 0 Å².